The Bertz CT molecular complexity index is 1070. The number of aliphatic carboxylic acids is 1. The normalized spacial score (nSPS) is 25.4. The van der Waals surface area contributed by atoms with Crippen LogP contribution in [0.3, 0.4) is 0 Å². The third-order valence-corrected chi connectivity index (χ3v) is 7.43. The molecule has 35 heavy (non-hydrogen) atoms. The smallest absolute Gasteiger partial charge is 0.407 e. The molecule has 1 aliphatic heterocycles. The van der Waals surface area contributed by atoms with E-state index in [0.717, 1.165) is 35.1 Å². The van der Waals surface area contributed by atoms with Crippen LogP contribution in [0, 0.1) is 11.8 Å². The third-order valence-electron chi connectivity index (χ3n) is 7.43. The number of carbonyl (C=O) groups is 3. The first-order valence-corrected chi connectivity index (χ1v) is 12.2. The molecule has 0 radical (unpaired) electrons. The fourth-order valence-electron chi connectivity index (χ4n) is 5.60. The maximum atomic E-state index is 12.9. The predicted molar refractivity (Wildman–Crippen MR) is 128 cm³/mol. The van der Waals surface area contributed by atoms with Gasteiger partial charge in [-0.25, -0.2) is 4.79 Å². The number of ether oxygens (including phenoxy) is 2. The van der Waals surface area contributed by atoms with Crippen LogP contribution >= 0.6 is 0 Å². The molecule has 1 saturated heterocycles. The number of carboxylic acids is 1. The van der Waals surface area contributed by atoms with Crippen molar-refractivity contribution in [2.24, 2.45) is 11.8 Å². The monoisotopic (exact) mass is 478 g/mol. The highest BCUT2D eigenvalue weighted by Gasteiger charge is 2.38. The first-order valence-electron chi connectivity index (χ1n) is 12.2. The molecule has 2 unspecified atom stereocenters. The van der Waals surface area contributed by atoms with Gasteiger partial charge in [0.05, 0.1) is 31.1 Å². The number of amides is 2. The lowest BCUT2D eigenvalue weighted by Crippen LogP contribution is -2.49. The van der Waals surface area contributed by atoms with Gasteiger partial charge in [-0.2, -0.15) is 0 Å². The van der Waals surface area contributed by atoms with Crippen molar-refractivity contribution in [3.63, 3.8) is 0 Å². The predicted octanol–water partition coefficient (Wildman–Crippen LogP) is 3.30. The zero-order chi connectivity index (χ0) is 24.4. The lowest BCUT2D eigenvalue weighted by atomic mass is 9.85. The van der Waals surface area contributed by atoms with Crippen LogP contribution < -0.4 is 10.6 Å². The first kappa shape index (κ1) is 23.4. The van der Waals surface area contributed by atoms with Crippen LogP contribution in [0.4, 0.5) is 4.79 Å². The number of hydrogen-bond acceptors (Lipinski definition) is 5. The van der Waals surface area contributed by atoms with Crippen LogP contribution in [0.5, 0.6) is 0 Å². The van der Waals surface area contributed by atoms with Gasteiger partial charge in [0.25, 0.3) is 0 Å². The standard InChI is InChI=1S/C27H30N2O6/c30-25(28-17-7-5-6-16(12-17)26(31)32)23-13-34-15-24(23)29-27(33)35-14-22-20-10-3-1-8-18(20)19-9-2-4-11-21(19)22/h1-4,8-11,16-17,22-24H,5-7,12-15H2,(H,28,30)(H,29,33)(H,31,32)/t16-,17+,23?,24?/m1/s1. The molecule has 2 aliphatic carbocycles. The molecule has 2 amide bonds. The minimum absolute atomic E-state index is 0.0412. The van der Waals surface area contributed by atoms with Crippen molar-refractivity contribution in [2.45, 2.75) is 43.7 Å². The summed E-state index contributed by atoms with van der Waals surface area (Å²) in [7, 11) is 0. The Labute approximate surface area is 204 Å². The maximum absolute atomic E-state index is 12.9. The molecule has 2 fully saturated rings. The van der Waals surface area contributed by atoms with Crippen molar-refractivity contribution < 1.29 is 29.0 Å². The fraction of sp³-hybridized carbons (Fsp3) is 0.444. The summed E-state index contributed by atoms with van der Waals surface area (Å²) in [5.74, 6) is -2.05. The van der Waals surface area contributed by atoms with Crippen LogP contribution in [0.1, 0.15) is 42.7 Å². The number of benzene rings is 2. The molecule has 2 aromatic rings. The second-order valence-electron chi connectivity index (χ2n) is 9.63. The van der Waals surface area contributed by atoms with E-state index in [4.69, 9.17) is 9.47 Å². The molecule has 0 aromatic heterocycles. The van der Waals surface area contributed by atoms with E-state index in [1.54, 1.807) is 0 Å². The molecular weight excluding hydrogens is 448 g/mol. The van der Waals surface area contributed by atoms with E-state index in [1.807, 2.05) is 24.3 Å². The topological polar surface area (TPSA) is 114 Å². The fourth-order valence-corrected chi connectivity index (χ4v) is 5.60. The summed E-state index contributed by atoms with van der Waals surface area (Å²) in [5, 5.41) is 15.1. The molecule has 1 heterocycles. The van der Waals surface area contributed by atoms with Crippen LogP contribution in [-0.4, -0.2) is 55.0 Å². The quantitative estimate of drug-likeness (QED) is 0.587. The van der Waals surface area contributed by atoms with Gasteiger partial charge in [-0.1, -0.05) is 55.0 Å². The average Bonchev–Trinajstić information content (AvgIpc) is 3.45. The summed E-state index contributed by atoms with van der Waals surface area (Å²) in [6.45, 7) is 0.628. The Morgan fingerprint density at radius 3 is 2.31 bits per heavy atom. The van der Waals surface area contributed by atoms with Crippen molar-refractivity contribution in [2.75, 3.05) is 19.8 Å². The number of alkyl carbamates (subject to hydrolysis) is 1. The van der Waals surface area contributed by atoms with Gasteiger partial charge in [-0.3, -0.25) is 9.59 Å². The number of carbonyl (C=O) groups excluding carboxylic acids is 2. The van der Waals surface area contributed by atoms with Gasteiger partial charge in [0.15, 0.2) is 0 Å². The second kappa shape index (κ2) is 10.1. The van der Waals surface area contributed by atoms with Crippen LogP contribution in [0.2, 0.25) is 0 Å². The van der Waals surface area contributed by atoms with Crippen molar-refractivity contribution in [1.82, 2.24) is 10.6 Å². The summed E-state index contributed by atoms with van der Waals surface area (Å²) < 4.78 is 11.1. The minimum atomic E-state index is -0.817. The van der Waals surface area contributed by atoms with Crippen LogP contribution in [-0.2, 0) is 19.1 Å². The number of hydrogen-bond donors (Lipinski definition) is 3. The Morgan fingerprint density at radius 1 is 0.943 bits per heavy atom. The van der Waals surface area contributed by atoms with Gasteiger partial charge in [0.2, 0.25) is 5.91 Å². The number of rotatable bonds is 6. The molecule has 5 rings (SSSR count). The van der Waals surface area contributed by atoms with Gasteiger partial charge >= 0.3 is 12.1 Å². The first-order chi connectivity index (χ1) is 17.0. The molecule has 2 aromatic carbocycles. The molecule has 8 heteroatoms. The second-order valence-corrected chi connectivity index (χ2v) is 9.63. The van der Waals surface area contributed by atoms with Crippen LogP contribution in [0.15, 0.2) is 48.5 Å². The molecule has 0 spiro atoms. The van der Waals surface area contributed by atoms with Gasteiger partial charge in [-0.05, 0) is 41.5 Å². The molecule has 8 nitrogen and oxygen atoms in total. The zero-order valence-electron chi connectivity index (χ0n) is 19.4. The van der Waals surface area contributed by atoms with Crippen molar-refractivity contribution in [1.29, 1.82) is 0 Å². The van der Waals surface area contributed by atoms with Crippen molar-refractivity contribution in [3.8, 4) is 11.1 Å². The van der Waals surface area contributed by atoms with Gasteiger partial charge in [-0.15, -0.1) is 0 Å². The lowest BCUT2D eigenvalue weighted by molar-refractivity contribution is -0.143. The highest BCUT2D eigenvalue weighted by atomic mass is 16.5. The Kier molecular flexibility index (Phi) is 6.72. The van der Waals surface area contributed by atoms with Crippen LogP contribution in [0.25, 0.3) is 11.1 Å². The molecule has 3 N–H and O–H groups in total. The third kappa shape index (κ3) is 4.89. The zero-order valence-corrected chi connectivity index (χ0v) is 19.4. The summed E-state index contributed by atoms with van der Waals surface area (Å²) in [6, 6.07) is 15.6. The summed E-state index contributed by atoms with van der Waals surface area (Å²) >= 11 is 0. The highest BCUT2D eigenvalue weighted by Crippen LogP contribution is 2.44. The average molecular weight is 479 g/mol. The van der Waals surface area contributed by atoms with Crippen molar-refractivity contribution >= 4 is 18.0 Å². The van der Waals surface area contributed by atoms with E-state index < -0.39 is 29.9 Å². The minimum Gasteiger partial charge on any atom is -0.481 e. The molecule has 0 bridgehead atoms. The Balaban J connectivity index is 1.17. The van der Waals surface area contributed by atoms with Gasteiger partial charge in [0, 0.05) is 12.0 Å². The molecule has 4 atom stereocenters. The number of carboxylic acid groups (broad SMARTS) is 1. The van der Waals surface area contributed by atoms with Gasteiger partial charge in [0.1, 0.15) is 6.61 Å². The molecule has 3 aliphatic rings. The Morgan fingerprint density at radius 2 is 1.63 bits per heavy atom. The number of nitrogens with one attached hydrogen (secondary N) is 2. The lowest BCUT2D eigenvalue weighted by Gasteiger charge is -2.29. The molecular formula is C27H30N2O6. The van der Waals surface area contributed by atoms with Gasteiger partial charge < -0.3 is 25.2 Å². The molecule has 1 saturated carbocycles. The Hall–Kier alpha value is -3.39. The van der Waals surface area contributed by atoms with Crippen molar-refractivity contribution in [3.05, 3.63) is 59.7 Å². The summed E-state index contributed by atoms with van der Waals surface area (Å²) in [6.07, 6.45) is 2.01. The molecule has 184 valence electrons. The van der Waals surface area contributed by atoms with E-state index in [1.165, 1.54) is 0 Å². The number of fused-ring (bicyclic) bond motifs is 3. The van der Waals surface area contributed by atoms with E-state index >= 15 is 0 Å². The largest absolute Gasteiger partial charge is 0.481 e. The van der Waals surface area contributed by atoms with E-state index in [-0.39, 0.29) is 37.7 Å². The van der Waals surface area contributed by atoms with E-state index in [0.29, 0.717) is 12.8 Å². The van der Waals surface area contributed by atoms with E-state index in [9.17, 15) is 19.5 Å². The highest BCUT2D eigenvalue weighted by molar-refractivity contribution is 5.82. The summed E-state index contributed by atoms with van der Waals surface area (Å²) in [5.41, 5.74) is 4.59. The SMILES string of the molecule is O=C(NC1COCC1C(=O)N[C@H]1CCC[C@@H](C(=O)O)C1)OCC1c2ccccc2-c2ccccc21. The van der Waals surface area contributed by atoms with E-state index in [2.05, 4.69) is 34.9 Å². The maximum Gasteiger partial charge on any atom is 0.407 e. The summed E-state index contributed by atoms with van der Waals surface area (Å²) in [4.78, 5) is 36.9.